The summed E-state index contributed by atoms with van der Waals surface area (Å²) < 4.78 is 18.7. The van der Waals surface area contributed by atoms with Gasteiger partial charge in [0.2, 0.25) is 0 Å². The maximum atomic E-state index is 14.1. The van der Waals surface area contributed by atoms with Crippen molar-refractivity contribution in [1.82, 2.24) is 10.6 Å². The second-order valence-corrected chi connectivity index (χ2v) is 4.85. The number of ether oxygens (including phenoxy) is 1. The molecule has 6 heteroatoms. The third-order valence-corrected chi connectivity index (χ3v) is 3.45. The number of carbonyl (C=O) groups excluding carboxylic acids is 1. The van der Waals surface area contributed by atoms with Crippen LogP contribution in [0.25, 0.3) is 0 Å². The van der Waals surface area contributed by atoms with Crippen molar-refractivity contribution < 1.29 is 13.9 Å². The molecule has 0 spiro atoms. The number of nitrogens with zero attached hydrogens (tertiary/aromatic N) is 1. The molecule has 0 aromatic heterocycles. The predicted octanol–water partition coefficient (Wildman–Crippen LogP) is 1.48. The standard InChI is InChI=1S/C14H20FN3O2/c1-16-8-10-4-3-5-12(15)13(10)18-7-6-11(9-18)17-14(19)20-2/h3-5,11,16H,6-9H2,1-2H3,(H,17,19). The SMILES string of the molecule is CNCc1cccc(F)c1N1CCC(NC(=O)OC)C1. The monoisotopic (exact) mass is 281 g/mol. The van der Waals surface area contributed by atoms with Crippen molar-refractivity contribution in [1.29, 1.82) is 0 Å². The molecule has 1 atom stereocenters. The normalized spacial score (nSPS) is 18.1. The van der Waals surface area contributed by atoms with Gasteiger partial charge in [0.25, 0.3) is 0 Å². The molecular weight excluding hydrogens is 261 g/mol. The number of methoxy groups -OCH3 is 1. The van der Waals surface area contributed by atoms with Gasteiger partial charge in [0.15, 0.2) is 0 Å². The summed E-state index contributed by atoms with van der Waals surface area (Å²) in [6.45, 7) is 1.91. The molecule has 1 aliphatic rings. The van der Waals surface area contributed by atoms with Crippen LogP contribution in [0.5, 0.6) is 0 Å². The summed E-state index contributed by atoms with van der Waals surface area (Å²) in [5.41, 5.74) is 1.54. The minimum Gasteiger partial charge on any atom is -0.453 e. The van der Waals surface area contributed by atoms with Gasteiger partial charge in [-0.2, -0.15) is 0 Å². The maximum Gasteiger partial charge on any atom is 0.407 e. The van der Waals surface area contributed by atoms with Crippen LogP contribution in [0.3, 0.4) is 0 Å². The molecule has 1 saturated heterocycles. The zero-order chi connectivity index (χ0) is 14.5. The van der Waals surface area contributed by atoms with E-state index in [1.54, 1.807) is 6.07 Å². The summed E-state index contributed by atoms with van der Waals surface area (Å²) in [4.78, 5) is 13.2. The lowest BCUT2D eigenvalue weighted by atomic mass is 10.1. The van der Waals surface area contributed by atoms with Gasteiger partial charge in [-0.1, -0.05) is 12.1 Å². The fraction of sp³-hybridized carbons (Fsp3) is 0.500. The second kappa shape index (κ2) is 6.56. The Morgan fingerprint density at radius 1 is 1.55 bits per heavy atom. The number of nitrogens with one attached hydrogen (secondary N) is 2. The summed E-state index contributed by atoms with van der Waals surface area (Å²) in [7, 11) is 3.17. The van der Waals surface area contributed by atoms with Crippen molar-refractivity contribution in [2.75, 3.05) is 32.1 Å². The van der Waals surface area contributed by atoms with Crippen molar-refractivity contribution in [3.63, 3.8) is 0 Å². The molecule has 1 fully saturated rings. The molecule has 20 heavy (non-hydrogen) atoms. The van der Waals surface area contributed by atoms with Gasteiger partial charge in [0, 0.05) is 19.6 Å². The van der Waals surface area contributed by atoms with Crippen LogP contribution in [0, 0.1) is 5.82 Å². The number of rotatable bonds is 4. The largest absolute Gasteiger partial charge is 0.453 e. The Balaban J connectivity index is 2.11. The van der Waals surface area contributed by atoms with E-state index in [9.17, 15) is 9.18 Å². The van der Waals surface area contributed by atoms with E-state index in [-0.39, 0.29) is 11.9 Å². The van der Waals surface area contributed by atoms with Crippen LogP contribution in [0.1, 0.15) is 12.0 Å². The summed E-state index contributed by atoms with van der Waals surface area (Å²) in [5.74, 6) is -0.225. The van der Waals surface area contributed by atoms with Gasteiger partial charge in [-0.15, -0.1) is 0 Å². The summed E-state index contributed by atoms with van der Waals surface area (Å²) in [5, 5.41) is 5.80. The second-order valence-electron chi connectivity index (χ2n) is 4.85. The Kier molecular flexibility index (Phi) is 4.79. The van der Waals surface area contributed by atoms with Crippen LogP contribution < -0.4 is 15.5 Å². The van der Waals surface area contributed by atoms with Crippen molar-refractivity contribution in [3.8, 4) is 0 Å². The smallest absolute Gasteiger partial charge is 0.407 e. The van der Waals surface area contributed by atoms with Crippen molar-refractivity contribution >= 4 is 11.8 Å². The average molecular weight is 281 g/mol. The van der Waals surface area contributed by atoms with Crippen LogP contribution >= 0.6 is 0 Å². The molecule has 1 aromatic carbocycles. The highest BCUT2D eigenvalue weighted by Gasteiger charge is 2.27. The van der Waals surface area contributed by atoms with Crippen molar-refractivity contribution in [2.45, 2.75) is 19.0 Å². The molecule has 1 heterocycles. The molecule has 2 rings (SSSR count). The van der Waals surface area contributed by atoms with Crippen LogP contribution in [0.4, 0.5) is 14.9 Å². The van der Waals surface area contributed by atoms with Gasteiger partial charge in [0.05, 0.1) is 18.8 Å². The first-order valence-electron chi connectivity index (χ1n) is 6.67. The number of anilines is 1. The van der Waals surface area contributed by atoms with Crippen LogP contribution in [-0.2, 0) is 11.3 Å². The first-order valence-corrected chi connectivity index (χ1v) is 6.67. The first-order chi connectivity index (χ1) is 9.65. The van der Waals surface area contributed by atoms with E-state index >= 15 is 0 Å². The Labute approximate surface area is 118 Å². The zero-order valence-corrected chi connectivity index (χ0v) is 11.8. The predicted molar refractivity (Wildman–Crippen MR) is 75.3 cm³/mol. The summed E-state index contributed by atoms with van der Waals surface area (Å²) >= 11 is 0. The van der Waals surface area contributed by atoms with Gasteiger partial charge >= 0.3 is 6.09 Å². The van der Waals surface area contributed by atoms with E-state index in [1.807, 2.05) is 18.0 Å². The van der Waals surface area contributed by atoms with Gasteiger partial charge < -0.3 is 20.3 Å². The number of para-hydroxylation sites is 1. The highest BCUT2D eigenvalue weighted by atomic mass is 19.1. The number of alkyl carbamates (subject to hydrolysis) is 1. The molecule has 5 nitrogen and oxygen atoms in total. The summed E-state index contributed by atoms with van der Waals surface area (Å²) in [6, 6.07) is 5.08. The summed E-state index contributed by atoms with van der Waals surface area (Å²) in [6.07, 6.45) is 0.337. The molecule has 2 N–H and O–H groups in total. The Bertz CT molecular complexity index is 481. The lowest BCUT2D eigenvalue weighted by Crippen LogP contribution is -2.37. The number of hydrogen-bond acceptors (Lipinski definition) is 4. The zero-order valence-electron chi connectivity index (χ0n) is 11.8. The minimum absolute atomic E-state index is 0.00973. The van der Waals surface area contributed by atoms with Gasteiger partial charge in [-0.25, -0.2) is 9.18 Å². The first kappa shape index (κ1) is 14.6. The highest BCUT2D eigenvalue weighted by molar-refractivity contribution is 5.67. The van der Waals surface area contributed by atoms with Gasteiger partial charge in [0.1, 0.15) is 5.82 Å². The maximum absolute atomic E-state index is 14.1. The molecule has 1 amide bonds. The van der Waals surface area contributed by atoms with Gasteiger partial charge in [-0.3, -0.25) is 0 Å². The molecular formula is C14H20FN3O2. The van der Waals surface area contributed by atoms with E-state index in [2.05, 4.69) is 15.4 Å². The number of halogens is 1. The quantitative estimate of drug-likeness (QED) is 0.878. The number of carbonyl (C=O) groups is 1. The van der Waals surface area contributed by atoms with Crippen LogP contribution in [0.2, 0.25) is 0 Å². The van der Waals surface area contributed by atoms with Crippen LogP contribution in [0.15, 0.2) is 18.2 Å². The van der Waals surface area contributed by atoms with E-state index in [0.29, 0.717) is 25.3 Å². The molecule has 110 valence electrons. The Morgan fingerprint density at radius 2 is 2.35 bits per heavy atom. The molecule has 1 aliphatic heterocycles. The number of benzene rings is 1. The fourth-order valence-corrected chi connectivity index (χ4v) is 2.55. The minimum atomic E-state index is -0.444. The van der Waals surface area contributed by atoms with E-state index in [1.165, 1.54) is 13.2 Å². The third kappa shape index (κ3) is 3.19. The average Bonchev–Trinajstić information content (AvgIpc) is 2.87. The lowest BCUT2D eigenvalue weighted by Gasteiger charge is -2.22. The molecule has 0 radical (unpaired) electrons. The van der Waals surface area contributed by atoms with Crippen LogP contribution in [-0.4, -0.2) is 39.4 Å². The van der Waals surface area contributed by atoms with E-state index in [0.717, 1.165) is 12.0 Å². The molecule has 1 unspecified atom stereocenters. The van der Waals surface area contributed by atoms with E-state index in [4.69, 9.17) is 0 Å². The molecule has 0 saturated carbocycles. The van der Waals surface area contributed by atoms with Crippen molar-refractivity contribution in [2.24, 2.45) is 0 Å². The lowest BCUT2D eigenvalue weighted by molar-refractivity contribution is 0.167. The number of hydrogen-bond donors (Lipinski definition) is 2. The van der Waals surface area contributed by atoms with Gasteiger partial charge in [-0.05, 0) is 25.1 Å². The molecule has 0 aliphatic carbocycles. The van der Waals surface area contributed by atoms with Crippen molar-refractivity contribution in [3.05, 3.63) is 29.6 Å². The fourth-order valence-electron chi connectivity index (χ4n) is 2.55. The highest BCUT2D eigenvalue weighted by Crippen LogP contribution is 2.28. The molecule has 0 bridgehead atoms. The van der Waals surface area contributed by atoms with E-state index < -0.39 is 6.09 Å². The third-order valence-electron chi connectivity index (χ3n) is 3.45. The Morgan fingerprint density at radius 3 is 3.05 bits per heavy atom. The molecule has 1 aromatic rings. The number of amides is 1. The Hall–Kier alpha value is -1.82. The topological polar surface area (TPSA) is 53.6 Å².